The molecule has 2 aliphatic heterocycles. The summed E-state index contributed by atoms with van der Waals surface area (Å²) >= 11 is 0. The molecule has 6 aliphatic rings. The van der Waals surface area contributed by atoms with E-state index in [-0.39, 0.29) is 17.4 Å². The number of nitrogens with zero attached hydrogens (tertiary/aromatic N) is 1. The van der Waals surface area contributed by atoms with Crippen LogP contribution >= 0.6 is 0 Å². The number of carbonyl (C=O) groups is 3. The van der Waals surface area contributed by atoms with Gasteiger partial charge in [0.05, 0.1) is 5.41 Å². The van der Waals surface area contributed by atoms with Gasteiger partial charge in [0.15, 0.2) is 0 Å². The van der Waals surface area contributed by atoms with Gasteiger partial charge in [0.25, 0.3) is 5.91 Å². The van der Waals surface area contributed by atoms with E-state index in [4.69, 9.17) is 0 Å². The molecule has 6 nitrogen and oxygen atoms in total. The number of likely N-dealkylation sites (tertiary alicyclic amines) is 1. The summed E-state index contributed by atoms with van der Waals surface area (Å²) in [5, 5.41) is 5.13. The molecule has 4 atom stereocenters. The van der Waals surface area contributed by atoms with E-state index in [1.54, 1.807) is 6.92 Å². The van der Waals surface area contributed by atoms with Crippen molar-refractivity contribution in [2.45, 2.75) is 90.1 Å². The predicted octanol–water partition coefficient (Wildman–Crippen LogP) is 2.96. The zero-order valence-electron chi connectivity index (χ0n) is 17.4. The maximum atomic E-state index is 14.0. The highest BCUT2D eigenvalue weighted by Crippen LogP contribution is 2.70. The number of carbonyl (C=O) groups excluding carboxylic acids is 3. The molecule has 2 N–H and O–H groups in total. The molecule has 6 rings (SSSR count). The summed E-state index contributed by atoms with van der Waals surface area (Å²) in [6, 6.07) is -0.388. The Morgan fingerprint density at radius 1 is 1.07 bits per heavy atom. The number of hydrogen-bond donors (Lipinski definition) is 2. The van der Waals surface area contributed by atoms with Crippen LogP contribution < -0.4 is 10.6 Å². The first-order valence-corrected chi connectivity index (χ1v) is 11.0. The normalized spacial score (nSPS) is 49.5. The van der Waals surface area contributed by atoms with Crippen molar-refractivity contribution in [3.63, 3.8) is 0 Å². The lowest BCUT2D eigenvalue weighted by molar-refractivity contribution is -0.180. The highest BCUT2D eigenvalue weighted by Gasteiger charge is 2.64. The van der Waals surface area contributed by atoms with Crippen molar-refractivity contribution in [3.05, 3.63) is 0 Å². The minimum atomic E-state index is -0.913. The molecular formula is C22H33N3O3. The summed E-state index contributed by atoms with van der Waals surface area (Å²) in [5.41, 5.74) is -0.494. The van der Waals surface area contributed by atoms with E-state index in [0.29, 0.717) is 29.1 Å². The lowest BCUT2D eigenvalue weighted by Gasteiger charge is -2.65. The Hall–Kier alpha value is -1.59. The monoisotopic (exact) mass is 387 g/mol. The van der Waals surface area contributed by atoms with Crippen LogP contribution in [-0.4, -0.2) is 40.9 Å². The van der Waals surface area contributed by atoms with Crippen LogP contribution in [0.25, 0.3) is 0 Å². The minimum absolute atomic E-state index is 0.0373. The van der Waals surface area contributed by atoms with Gasteiger partial charge >= 0.3 is 6.03 Å². The van der Waals surface area contributed by atoms with Gasteiger partial charge in [-0.05, 0) is 81.5 Å². The Morgan fingerprint density at radius 2 is 1.75 bits per heavy atom. The van der Waals surface area contributed by atoms with Crippen molar-refractivity contribution >= 4 is 17.8 Å². The number of imide groups is 1. The molecular weight excluding hydrogens is 354 g/mol. The summed E-state index contributed by atoms with van der Waals surface area (Å²) in [5.74, 6) is 0.755. The summed E-state index contributed by atoms with van der Waals surface area (Å²) in [4.78, 5) is 40.0. The fourth-order valence-electron chi connectivity index (χ4n) is 8.50. The van der Waals surface area contributed by atoms with E-state index >= 15 is 0 Å². The molecule has 0 spiro atoms. The van der Waals surface area contributed by atoms with Crippen LogP contribution in [0.2, 0.25) is 0 Å². The van der Waals surface area contributed by atoms with Crippen LogP contribution in [0.1, 0.15) is 78.6 Å². The fraction of sp³-hybridized carbons (Fsp3) is 0.864. The second-order valence-corrected chi connectivity index (χ2v) is 11.6. The third-order valence-electron chi connectivity index (χ3n) is 8.48. The Balaban J connectivity index is 1.39. The molecule has 4 bridgehead atoms. The van der Waals surface area contributed by atoms with Gasteiger partial charge in [-0.25, -0.2) is 4.79 Å². The molecule has 0 radical (unpaired) electrons. The van der Waals surface area contributed by atoms with E-state index in [9.17, 15) is 14.4 Å². The second kappa shape index (κ2) is 5.51. The molecule has 0 aromatic carbocycles. The first-order valence-electron chi connectivity index (χ1n) is 11.0. The summed E-state index contributed by atoms with van der Waals surface area (Å²) in [7, 11) is 0. The third-order valence-corrected chi connectivity index (χ3v) is 8.48. The van der Waals surface area contributed by atoms with E-state index in [1.807, 2.05) is 0 Å². The highest BCUT2D eigenvalue weighted by atomic mass is 16.2. The van der Waals surface area contributed by atoms with Gasteiger partial charge in [-0.2, -0.15) is 0 Å². The molecule has 154 valence electrons. The van der Waals surface area contributed by atoms with Crippen LogP contribution in [-0.2, 0) is 9.59 Å². The molecule has 4 unspecified atom stereocenters. The number of rotatable bonds is 3. The summed E-state index contributed by atoms with van der Waals surface area (Å²) in [6.07, 6.45) is 9.34. The Kier molecular flexibility index (Phi) is 3.63. The van der Waals surface area contributed by atoms with E-state index < -0.39 is 11.6 Å². The second-order valence-electron chi connectivity index (χ2n) is 11.6. The molecule has 6 fully saturated rings. The van der Waals surface area contributed by atoms with E-state index in [2.05, 4.69) is 29.4 Å². The minimum Gasteiger partial charge on any atom is -0.339 e. The van der Waals surface area contributed by atoms with Gasteiger partial charge in [0, 0.05) is 12.6 Å². The zero-order valence-corrected chi connectivity index (χ0v) is 17.4. The third kappa shape index (κ3) is 2.62. The van der Waals surface area contributed by atoms with Gasteiger partial charge in [-0.3, -0.25) is 14.9 Å². The smallest absolute Gasteiger partial charge is 0.322 e. The first-order chi connectivity index (χ1) is 13.0. The van der Waals surface area contributed by atoms with E-state index in [1.165, 1.54) is 19.3 Å². The molecule has 0 aromatic heterocycles. The van der Waals surface area contributed by atoms with Gasteiger partial charge in [-0.15, -0.1) is 0 Å². The van der Waals surface area contributed by atoms with Crippen LogP contribution in [0.4, 0.5) is 4.79 Å². The number of urea groups is 1. The van der Waals surface area contributed by atoms with E-state index in [0.717, 1.165) is 38.6 Å². The average Bonchev–Trinajstić information content (AvgIpc) is 3.07. The largest absolute Gasteiger partial charge is 0.339 e. The van der Waals surface area contributed by atoms with Crippen molar-refractivity contribution in [1.29, 1.82) is 0 Å². The molecule has 28 heavy (non-hydrogen) atoms. The number of hydrogen-bond acceptors (Lipinski definition) is 3. The first kappa shape index (κ1) is 18.4. The maximum Gasteiger partial charge on any atom is 0.322 e. The Morgan fingerprint density at radius 3 is 2.32 bits per heavy atom. The summed E-state index contributed by atoms with van der Waals surface area (Å²) in [6.45, 7) is 7.37. The van der Waals surface area contributed by atoms with Gasteiger partial charge in [0.2, 0.25) is 5.91 Å². The standard InChI is InChI=1S/C22H33N3O3/c1-19-7-14-8-20(2,11-19)13-22(9-14,12-19)17(27)25-6-4-5-15(25)10-21(3)16(26)23-18(28)24-21/h14-15H,4-13H2,1-3H3,(H2,23,24,26,28). The SMILES string of the molecule is CC12CC3CC(C)(C1)CC(C(=O)N1CCCC1CC1(C)NC(=O)NC1=O)(C3)C2. The lowest BCUT2D eigenvalue weighted by Crippen LogP contribution is -2.61. The topological polar surface area (TPSA) is 78.5 Å². The predicted molar refractivity (Wildman–Crippen MR) is 104 cm³/mol. The van der Waals surface area contributed by atoms with Gasteiger partial charge in [-0.1, -0.05) is 13.8 Å². The fourth-order valence-corrected chi connectivity index (χ4v) is 8.50. The van der Waals surface area contributed by atoms with Crippen molar-refractivity contribution in [1.82, 2.24) is 15.5 Å². The molecule has 4 aliphatic carbocycles. The van der Waals surface area contributed by atoms with Gasteiger partial charge < -0.3 is 10.2 Å². The van der Waals surface area contributed by atoms with Crippen LogP contribution in [0.5, 0.6) is 0 Å². The quantitative estimate of drug-likeness (QED) is 0.731. The highest BCUT2D eigenvalue weighted by molar-refractivity contribution is 6.06. The molecule has 0 aromatic rings. The Bertz CT molecular complexity index is 746. The van der Waals surface area contributed by atoms with Crippen molar-refractivity contribution in [2.24, 2.45) is 22.2 Å². The van der Waals surface area contributed by atoms with Crippen molar-refractivity contribution in [2.75, 3.05) is 6.54 Å². The molecule has 2 heterocycles. The average molecular weight is 388 g/mol. The molecule has 4 saturated carbocycles. The van der Waals surface area contributed by atoms with Crippen LogP contribution in [0, 0.1) is 22.2 Å². The Labute approximate surface area is 167 Å². The van der Waals surface area contributed by atoms with Crippen molar-refractivity contribution in [3.8, 4) is 0 Å². The number of amides is 4. The molecule has 6 heteroatoms. The molecule has 2 saturated heterocycles. The lowest BCUT2D eigenvalue weighted by atomic mass is 9.40. The van der Waals surface area contributed by atoms with Crippen LogP contribution in [0.15, 0.2) is 0 Å². The van der Waals surface area contributed by atoms with Crippen molar-refractivity contribution < 1.29 is 14.4 Å². The summed E-state index contributed by atoms with van der Waals surface area (Å²) < 4.78 is 0. The zero-order chi connectivity index (χ0) is 19.9. The molecule has 4 amide bonds. The van der Waals surface area contributed by atoms with Gasteiger partial charge in [0.1, 0.15) is 5.54 Å². The maximum absolute atomic E-state index is 14.0. The van der Waals surface area contributed by atoms with Crippen LogP contribution in [0.3, 0.4) is 0 Å². The number of nitrogens with one attached hydrogen (secondary N) is 2.